The van der Waals surface area contributed by atoms with E-state index in [1.165, 1.54) is 0 Å². The second-order valence-corrected chi connectivity index (χ2v) is 1.97. The number of hydrogen-bond donors (Lipinski definition) is 0. The summed E-state index contributed by atoms with van der Waals surface area (Å²) in [5.74, 6) is 0. The number of hydrogen-bond acceptors (Lipinski definition) is 2. The minimum atomic E-state index is 0.551. The number of nitrogens with zero attached hydrogens (tertiary/aromatic N) is 3. The molecule has 0 rings (SSSR count). The van der Waals surface area contributed by atoms with Gasteiger partial charge in [-0.1, -0.05) is 11.5 Å². The first-order valence-corrected chi connectivity index (χ1v) is 3.36. The predicted molar refractivity (Wildman–Crippen MR) is 38.5 cm³/mol. The number of carbonyl (C=O) groups is 1. The van der Waals surface area contributed by atoms with Gasteiger partial charge in [0.15, 0.2) is 0 Å². The van der Waals surface area contributed by atoms with E-state index >= 15 is 0 Å². The third kappa shape index (κ3) is 6.98. The number of azide groups is 1. The van der Waals surface area contributed by atoms with Crippen molar-refractivity contribution in [2.24, 2.45) is 5.11 Å². The van der Waals surface area contributed by atoms with Gasteiger partial charge in [0.2, 0.25) is 0 Å². The highest BCUT2D eigenvalue weighted by atomic mass is 16.1. The maximum absolute atomic E-state index is 9.81. The Morgan fingerprint density at radius 3 is 2.80 bits per heavy atom. The fourth-order valence-corrected chi connectivity index (χ4v) is 0.632. The largest absolute Gasteiger partial charge is 0.303 e. The molecule has 0 saturated heterocycles. The smallest absolute Gasteiger partial charge is 0.119 e. The van der Waals surface area contributed by atoms with E-state index in [4.69, 9.17) is 5.53 Å². The van der Waals surface area contributed by atoms with Gasteiger partial charge in [0, 0.05) is 17.9 Å². The standard InChI is InChI=1S/C6H11N3O/c7-9-8-5-3-1-2-4-6-10/h6H,1-5H2. The first-order chi connectivity index (χ1) is 4.91. The summed E-state index contributed by atoms with van der Waals surface area (Å²) in [7, 11) is 0. The van der Waals surface area contributed by atoms with Crippen LogP contribution in [0.1, 0.15) is 25.7 Å². The van der Waals surface area contributed by atoms with Crippen LogP contribution in [0.15, 0.2) is 5.11 Å². The lowest BCUT2D eigenvalue weighted by Gasteiger charge is -1.90. The molecule has 0 aliphatic rings. The molecular formula is C6H11N3O. The summed E-state index contributed by atoms with van der Waals surface area (Å²) >= 11 is 0. The van der Waals surface area contributed by atoms with Crippen molar-refractivity contribution in [1.29, 1.82) is 0 Å². The summed E-state index contributed by atoms with van der Waals surface area (Å²) < 4.78 is 0. The van der Waals surface area contributed by atoms with Crippen molar-refractivity contribution in [1.82, 2.24) is 0 Å². The Balaban J connectivity index is 2.90. The molecule has 4 nitrogen and oxygen atoms in total. The Morgan fingerprint density at radius 1 is 1.40 bits per heavy atom. The molecule has 10 heavy (non-hydrogen) atoms. The second kappa shape index (κ2) is 7.98. The molecule has 0 aromatic carbocycles. The number of rotatable bonds is 6. The highest BCUT2D eigenvalue weighted by Crippen LogP contribution is 1.97. The van der Waals surface area contributed by atoms with Gasteiger partial charge in [-0.05, 0) is 18.4 Å². The SMILES string of the molecule is [N-]=[N+]=NCCCCCC=O. The van der Waals surface area contributed by atoms with Gasteiger partial charge < -0.3 is 4.79 Å². The summed E-state index contributed by atoms with van der Waals surface area (Å²) in [5, 5.41) is 3.36. The molecule has 0 unspecified atom stereocenters. The molecule has 0 aromatic heterocycles. The van der Waals surface area contributed by atoms with Crippen LogP contribution in [-0.2, 0) is 4.79 Å². The average molecular weight is 141 g/mol. The van der Waals surface area contributed by atoms with Crippen LogP contribution in [0.2, 0.25) is 0 Å². The molecule has 0 aliphatic carbocycles. The second-order valence-electron chi connectivity index (χ2n) is 1.97. The van der Waals surface area contributed by atoms with Crippen LogP contribution >= 0.6 is 0 Å². The molecule has 0 bridgehead atoms. The van der Waals surface area contributed by atoms with Crippen molar-refractivity contribution in [3.05, 3.63) is 10.4 Å². The molecule has 0 spiro atoms. The minimum absolute atomic E-state index is 0.551. The van der Waals surface area contributed by atoms with Gasteiger partial charge in [-0.3, -0.25) is 0 Å². The van der Waals surface area contributed by atoms with E-state index in [0.717, 1.165) is 25.5 Å². The van der Waals surface area contributed by atoms with Crippen LogP contribution in [0.25, 0.3) is 10.4 Å². The summed E-state index contributed by atoms with van der Waals surface area (Å²) in [5.41, 5.74) is 7.87. The van der Waals surface area contributed by atoms with Crippen LogP contribution < -0.4 is 0 Å². The van der Waals surface area contributed by atoms with Crippen molar-refractivity contribution < 1.29 is 4.79 Å². The molecule has 0 aliphatic heterocycles. The average Bonchev–Trinajstić information content (AvgIpc) is 1.97. The Labute approximate surface area is 59.9 Å². The molecule has 0 aromatic rings. The molecule has 0 saturated carbocycles. The molecule has 56 valence electrons. The molecule has 0 amide bonds. The molecule has 0 atom stereocenters. The van der Waals surface area contributed by atoms with Gasteiger partial charge in [-0.2, -0.15) is 0 Å². The van der Waals surface area contributed by atoms with Crippen molar-refractivity contribution in [2.75, 3.05) is 6.54 Å². The van der Waals surface area contributed by atoms with E-state index < -0.39 is 0 Å². The third-order valence-corrected chi connectivity index (χ3v) is 1.14. The Bertz CT molecular complexity index is 129. The summed E-state index contributed by atoms with van der Waals surface area (Å²) in [6.07, 6.45) is 4.30. The number of aldehydes is 1. The molecule has 0 N–H and O–H groups in total. The lowest BCUT2D eigenvalue weighted by molar-refractivity contribution is -0.107. The van der Waals surface area contributed by atoms with Crippen molar-refractivity contribution >= 4 is 6.29 Å². The minimum Gasteiger partial charge on any atom is -0.303 e. The quantitative estimate of drug-likeness (QED) is 0.183. The lowest BCUT2D eigenvalue weighted by Crippen LogP contribution is -1.81. The Morgan fingerprint density at radius 2 is 2.20 bits per heavy atom. The summed E-state index contributed by atoms with van der Waals surface area (Å²) in [4.78, 5) is 12.4. The van der Waals surface area contributed by atoms with E-state index in [2.05, 4.69) is 10.0 Å². The number of carbonyl (C=O) groups excluding carboxylic acids is 1. The van der Waals surface area contributed by atoms with Crippen LogP contribution in [0, 0.1) is 0 Å². The van der Waals surface area contributed by atoms with Gasteiger partial charge in [0.25, 0.3) is 0 Å². The fraction of sp³-hybridized carbons (Fsp3) is 0.833. The molecular weight excluding hydrogens is 130 g/mol. The zero-order valence-electron chi connectivity index (χ0n) is 5.86. The number of unbranched alkanes of at least 4 members (excludes halogenated alkanes) is 3. The predicted octanol–water partition coefficient (Wildman–Crippen LogP) is 2.06. The molecule has 0 radical (unpaired) electrons. The van der Waals surface area contributed by atoms with E-state index in [9.17, 15) is 4.79 Å². The lowest BCUT2D eigenvalue weighted by atomic mass is 10.2. The summed E-state index contributed by atoms with van der Waals surface area (Å²) in [6.45, 7) is 0.551. The van der Waals surface area contributed by atoms with E-state index in [0.29, 0.717) is 13.0 Å². The van der Waals surface area contributed by atoms with Crippen LogP contribution in [0.3, 0.4) is 0 Å². The van der Waals surface area contributed by atoms with Crippen LogP contribution in [-0.4, -0.2) is 12.8 Å². The van der Waals surface area contributed by atoms with Gasteiger partial charge in [0.05, 0.1) is 0 Å². The Hall–Kier alpha value is -1.02. The summed E-state index contributed by atoms with van der Waals surface area (Å²) in [6, 6.07) is 0. The van der Waals surface area contributed by atoms with Crippen molar-refractivity contribution in [3.8, 4) is 0 Å². The van der Waals surface area contributed by atoms with Crippen molar-refractivity contribution in [2.45, 2.75) is 25.7 Å². The van der Waals surface area contributed by atoms with E-state index in [1.807, 2.05) is 0 Å². The zero-order chi connectivity index (χ0) is 7.66. The fourth-order valence-electron chi connectivity index (χ4n) is 0.632. The van der Waals surface area contributed by atoms with Gasteiger partial charge in [-0.25, -0.2) is 0 Å². The zero-order valence-corrected chi connectivity index (χ0v) is 5.86. The van der Waals surface area contributed by atoms with Gasteiger partial charge >= 0.3 is 0 Å². The highest BCUT2D eigenvalue weighted by molar-refractivity contribution is 5.48. The molecule has 0 fully saturated rings. The topological polar surface area (TPSA) is 65.8 Å². The highest BCUT2D eigenvalue weighted by Gasteiger charge is 1.85. The first kappa shape index (κ1) is 8.98. The third-order valence-electron chi connectivity index (χ3n) is 1.14. The first-order valence-electron chi connectivity index (χ1n) is 3.36. The normalized spacial score (nSPS) is 8.40. The maximum Gasteiger partial charge on any atom is 0.119 e. The monoisotopic (exact) mass is 141 g/mol. The molecule has 0 heterocycles. The Kier molecular flexibility index (Phi) is 7.17. The van der Waals surface area contributed by atoms with Crippen molar-refractivity contribution in [3.63, 3.8) is 0 Å². The van der Waals surface area contributed by atoms with E-state index in [-0.39, 0.29) is 0 Å². The van der Waals surface area contributed by atoms with Gasteiger partial charge in [0.1, 0.15) is 6.29 Å². The molecule has 4 heteroatoms. The van der Waals surface area contributed by atoms with Crippen LogP contribution in [0.5, 0.6) is 0 Å². The van der Waals surface area contributed by atoms with Gasteiger partial charge in [-0.15, -0.1) is 0 Å². The maximum atomic E-state index is 9.81. The van der Waals surface area contributed by atoms with E-state index in [1.54, 1.807) is 0 Å². The van der Waals surface area contributed by atoms with Crippen LogP contribution in [0.4, 0.5) is 0 Å².